The Hall–Kier alpha value is -2.05. The fourth-order valence-corrected chi connectivity index (χ4v) is 4.07. The Morgan fingerprint density at radius 3 is 2.72 bits per heavy atom. The van der Waals surface area contributed by atoms with Crippen molar-refractivity contribution in [3.8, 4) is 0 Å². The molecule has 7 heteroatoms. The minimum atomic E-state index is -0.712. The van der Waals surface area contributed by atoms with Gasteiger partial charge in [-0.3, -0.25) is 4.79 Å². The first-order valence-electron chi connectivity index (χ1n) is 9.38. The highest BCUT2D eigenvalue weighted by Gasteiger charge is 2.30. The topological polar surface area (TPSA) is 87.5 Å². The normalized spacial score (nSPS) is 27.1. The molecule has 1 unspecified atom stereocenters. The van der Waals surface area contributed by atoms with E-state index in [9.17, 15) is 9.59 Å². The molecule has 3 rings (SSSR count). The molecule has 2 heterocycles. The van der Waals surface area contributed by atoms with Gasteiger partial charge >= 0.3 is 12.0 Å². The molecule has 138 valence electrons. The zero-order valence-electron chi connectivity index (χ0n) is 14.9. The van der Waals surface area contributed by atoms with Crippen LogP contribution in [0.15, 0.2) is 12.4 Å². The summed E-state index contributed by atoms with van der Waals surface area (Å²) in [4.78, 5) is 29.9. The van der Waals surface area contributed by atoms with Gasteiger partial charge < -0.3 is 19.9 Å². The predicted molar refractivity (Wildman–Crippen MR) is 93.4 cm³/mol. The minimum absolute atomic E-state index is 0.0124. The van der Waals surface area contributed by atoms with Crippen LogP contribution in [0, 0.1) is 5.92 Å². The lowest BCUT2D eigenvalue weighted by molar-refractivity contribution is -0.142. The second-order valence-electron chi connectivity index (χ2n) is 7.18. The second-order valence-corrected chi connectivity index (χ2v) is 7.18. The fraction of sp³-hybridized carbons (Fsp3) is 0.722. The van der Waals surface area contributed by atoms with E-state index in [1.165, 1.54) is 0 Å². The van der Waals surface area contributed by atoms with Gasteiger partial charge in [0.1, 0.15) is 5.82 Å². The maximum atomic E-state index is 12.6. The van der Waals surface area contributed by atoms with Gasteiger partial charge in [0.05, 0.1) is 12.0 Å². The Bertz CT molecular complexity index is 607. The summed E-state index contributed by atoms with van der Waals surface area (Å²) in [6.45, 7) is 3.59. The molecule has 1 saturated carbocycles. The molecule has 0 aromatic carbocycles. The van der Waals surface area contributed by atoms with Crippen molar-refractivity contribution in [2.45, 2.75) is 64.0 Å². The van der Waals surface area contributed by atoms with Crippen molar-refractivity contribution < 1.29 is 14.7 Å². The quantitative estimate of drug-likeness (QED) is 0.875. The zero-order valence-corrected chi connectivity index (χ0v) is 14.9. The molecule has 1 aliphatic carbocycles. The number of amides is 2. The third kappa shape index (κ3) is 4.14. The molecule has 1 atom stereocenters. The van der Waals surface area contributed by atoms with Gasteiger partial charge in [0, 0.05) is 37.9 Å². The Labute approximate surface area is 148 Å². The van der Waals surface area contributed by atoms with Gasteiger partial charge in [0.2, 0.25) is 0 Å². The molecule has 25 heavy (non-hydrogen) atoms. The monoisotopic (exact) mass is 348 g/mol. The summed E-state index contributed by atoms with van der Waals surface area (Å²) < 4.78 is 2.21. The number of piperidine rings is 1. The van der Waals surface area contributed by atoms with Crippen molar-refractivity contribution in [2.24, 2.45) is 5.92 Å². The lowest BCUT2D eigenvalue weighted by Gasteiger charge is -2.36. The predicted octanol–water partition coefficient (Wildman–Crippen LogP) is 2.44. The Kier molecular flexibility index (Phi) is 5.60. The number of carbonyl (C=O) groups is 2. The number of carboxylic acid groups (broad SMARTS) is 1. The van der Waals surface area contributed by atoms with E-state index < -0.39 is 5.97 Å². The number of nitrogens with one attached hydrogen (secondary N) is 1. The summed E-state index contributed by atoms with van der Waals surface area (Å²) >= 11 is 0. The second kappa shape index (κ2) is 7.89. The first kappa shape index (κ1) is 17.8. The van der Waals surface area contributed by atoms with E-state index in [1.807, 2.05) is 17.3 Å². The van der Waals surface area contributed by atoms with Crippen molar-refractivity contribution in [2.75, 3.05) is 13.1 Å². The molecule has 1 aliphatic heterocycles. The Morgan fingerprint density at radius 2 is 2.04 bits per heavy atom. The molecule has 1 aromatic heterocycles. The molecular weight excluding hydrogens is 320 g/mol. The highest BCUT2D eigenvalue weighted by molar-refractivity contribution is 5.75. The number of aliphatic carboxylic acids is 1. The number of aryl methyl sites for hydroxylation is 1. The van der Waals surface area contributed by atoms with Crippen LogP contribution in [-0.4, -0.2) is 50.7 Å². The average Bonchev–Trinajstić information content (AvgIpc) is 3.11. The van der Waals surface area contributed by atoms with E-state index >= 15 is 0 Å². The van der Waals surface area contributed by atoms with Crippen molar-refractivity contribution in [1.29, 1.82) is 0 Å². The van der Waals surface area contributed by atoms with Crippen LogP contribution < -0.4 is 5.32 Å². The standard InChI is InChI=1S/C18H28N4O3/c1-2-16-19-9-11-22(16)15-4-3-10-21(12-15)18(25)20-14-7-5-13(6-8-14)17(23)24/h9,11,13-15H,2-8,10,12H2,1H3,(H,20,25)(H,23,24). The molecule has 1 saturated heterocycles. The molecule has 2 amide bonds. The molecule has 2 N–H and O–H groups in total. The highest BCUT2D eigenvalue weighted by Crippen LogP contribution is 2.26. The maximum absolute atomic E-state index is 12.6. The SMILES string of the molecule is CCc1nccn1C1CCCN(C(=O)NC2CCC(C(=O)O)CC2)C1. The van der Waals surface area contributed by atoms with Crippen molar-refractivity contribution in [1.82, 2.24) is 19.8 Å². The minimum Gasteiger partial charge on any atom is -0.481 e. The van der Waals surface area contributed by atoms with Crippen molar-refractivity contribution in [3.63, 3.8) is 0 Å². The molecular formula is C18H28N4O3. The van der Waals surface area contributed by atoms with Crippen LogP contribution in [0.1, 0.15) is 57.3 Å². The van der Waals surface area contributed by atoms with Crippen LogP contribution in [0.25, 0.3) is 0 Å². The van der Waals surface area contributed by atoms with Crippen LogP contribution >= 0.6 is 0 Å². The number of carbonyl (C=O) groups excluding carboxylic acids is 1. The maximum Gasteiger partial charge on any atom is 0.317 e. The largest absolute Gasteiger partial charge is 0.481 e. The van der Waals surface area contributed by atoms with E-state index in [-0.39, 0.29) is 18.0 Å². The van der Waals surface area contributed by atoms with Gasteiger partial charge in [-0.1, -0.05) is 6.92 Å². The number of hydrogen-bond acceptors (Lipinski definition) is 3. The van der Waals surface area contributed by atoms with Gasteiger partial charge in [0.15, 0.2) is 0 Å². The number of hydrogen-bond donors (Lipinski definition) is 2. The summed E-state index contributed by atoms with van der Waals surface area (Å²) in [6.07, 6.45) is 9.60. The number of rotatable bonds is 4. The lowest BCUT2D eigenvalue weighted by Crippen LogP contribution is -2.49. The van der Waals surface area contributed by atoms with Gasteiger partial charge in [-0.15, -0.1) is 0 Å². The van der Waals surface area contributed by atoms with Crippen LogP contribution in [-0.2, 0) is 11.2 Å². The van der Waals surface area contributed by atoms with Crippen LogP contribution in [0.5, 0.6) is 0 Å². The van der Waals surface area contributed by atoms with E-state index in [2.05, 4.69) is 21.8 Å². The molecule has 2 fully saturated rings. The first-order valence-corrected chi connectivity index (χ1v) is 9.38. The molecule has 2 aliphatic rings. The van der Waals surface area contributed by atoms with Crippen LogP contribution in [0.2, 0.25) is 0 Å². The van der Waals surface area contributed by atoms with Crippen molar-refractivity contribution in [3.05, 3.63) is 18.2 Å². The zero-order chi connectivity index (χ0) is 17.8. The fourth-order valence-electron chi connectivity index (χ4n) is 4.07. The van der Waals surface area contributed by atoms with Gasteiger partial charge in [-0.2, -0.15) is 0 Å². The molecule has 7 nitrogen and oxygen atoms in total. The summed E-state index contributed by atoms with van der Waals surface area (Å²) in [5.41, 5.74) is 0. The number of aromatic nitrogens is 2. The summed E-state index contributed by atoms with van der Waals surface area (Å²) in [5.74, 6) is 0.108. The number of urea groups is 1. The van der Waals surface area contributed by atoms with Gasteiger partial charge in [0.25, 0.3) is 0 Å². The molecule has 0 radical (unpaired) electrons. The third-order valence-corrected chi connectivity index (χ3v) is 5.55. The summed E-state index contributed by atoms with van der Waals surface area (Å²) in [6, 6.07) is 0.379. The van der Waals surface area contributed by atoms with Crippen LogP contribution in [0.4, 0.5) is 4.79 Å². The third-order valence-electron chi connectivity index (χ3n) is 5.55. The van der Waals surface area contributed by atoms with Gasteiger partial charge in [-0.25, -0.2) is 9.78 Å². The van der Waals surface area contributed by atoms with Crippen LogP contribution in [0.3, 0.4) is 0 Å². The Morgan fingerprint density at radius 1 is 1.28 bits per heavy atom. The Balaban J connectivity index is 1.53. The number of imidazole rings is 1. The smallest absolute Gasteiger partial charge is 0.317 e. The number of likely N-dealkylation sites (tertiary alicyclic amines) is 1. The highest BCUT2D eigenvalue weighted by atomic mass is 16.4. The number of nitrogens with zero attached hydrogens (tertiary/aromatic N) is 3. The average molecular weight is 348 g/mol. The first-order chi connectivity index (χ1) is 12.1. The molecule has 0 spiro atoms. The van der Waals surface area contributed by atoms with E-state index in [4.69, 9.17) is 5.11 Å². The summed E-state index contributed by atoms with van der Waals surface area (Å²) in [5, 5.41) is 12.2. The van der Waals surface area contributed by atoms with E-state index in [0.717, 1.165) is 44.5 Å². The lowest BCUT2D eigenvalue weighted by atomic mass is 9.86. The van der Waals surface area contributed by atoms with E-state index in [1.54, 1.807) is 0 Å². The van der Waals surface area contributed by atoms with Crippen molar-refractivity contribution >= 4 is 12.0 Å². The van der Waals surface area contributed by atoms with Gasteiger partial charge in [-0.05, 0) is 38.5 Å². The molecule has 0 bridgehead atoms. The summed E-state index contributed by atoms with van der Waals surface area (Å²) in [7, 11) is 0. The molecule has 1 aromatic rings. The van der Waals surface area contributed by atoms with E-state index in [0.29, 0.717) is 25.4 Å². The number of carboxylic acids is 1.